The molecule has 1 aliphatic rings. The van der Waals surface area contributed by atoms with E-state index in [-0.39, 0.29) is 5.97 Å². The van der Waals surface area contributed by atoms with Gasteiger partial charge in [-0.25, -0.2) is 9.48 Å². The number of hydrogen-bond acceptors (Lipinski definition) is 4. The van der Waals surface area contributed by atoms with Gasteiger partial charge in [0.15, 0.2) is 0 Å². The van der Waals surface area contributed by atoms with Gasteiger partial charge >= 0.3 is 5.97 Å². The van der Waals surface area contributed by atoms with E-state index in [1.807, 2.05) is 18.2 Å². The van der Waals surface area contributed by atoms with Gasteiger partial charge in [-0.1, -0.05) is 42.5 Å². The van der Waals surface area contributed by atoms with E-state index in [1.54, 1.807) is 6.08 Å². The molecule has 5 heteroatoms. The van der Waals surface area contributed by atoms with Crippen molar-refractivity contribution in [2.45, 2.75) is 39.3 Å². The fourth-order valence-corrected chi connectivity index (χ4v) is 4.38. The van der Waals surface area contributed by atoms with Gasteiger partial charge in [0.2, 0.25) is 0 Å². The Hall–Kier alpha value is -3.18. The molecule has 1 saturated heterocycles. The van der Waals surface area contributed by atoms with Crippen LogP contribution in [-0.4, -0.2) is 34.3 Å². The standard InChI is InChI=1S/C26H29N3O2/c1-19-24(20(2)29(27-19)23-8-5-4-6-9-23)18-28-17-7-10-25(28)22-14-11-21(12-15-22)13-16-26(30)31-3/h4-6,8-9,11-16,25H,7,10,17-18H2,1-3H3/t25-/m0/s1. The van der Waals surface area contributed by atoms with Gasteiger partial charge in [-0.05, 0) is 62.6 Å². The van der Waals surface area contributed by atoms with Crippen molar-refractivity contribution < 1.29 is 9.53 Å². The Morgan fingerprint density at radius 3 is 2.58 bits per heavy atom. The number of aromatic nitrogens is 2. The van der Waals surface area contributed by atoms with Crippen LogP contribution in [0.15, 0.2) is 60.7 Å². The van der Waals surface area contributed by atoms with Gasteiger partial charge < -0.3 is 4.74 Å². The maximum atomic E-state index is 11.3. The molecule has 0 saturated carbocycles. The lowest BCUT2D eigenvalue weighted by molar-refractivity contribution is -0.134. The zero-order valence-electron chi connectivity index (χ0n) is 18.4. The van der Waals surface area contributed by atoms with Crippen LogP contribution in [0.3, 0.4) is 0 Å². The number of rotatable bonds is 6. The molecule has 2 aromatic carbocycles. The molecule has 2 heterocycles. The highest BCUT2D eigenvalue weighted by molar-refractivity contribution is 5.86. The molecule has 1 fully saturated rings. The van der Waals surface area contributed by atoms with E-state index in [0.717, 1.165) is 36.5 Å². The monoisotopic (exact) mass is 415 g/mol. The first kappa shape index (κ1) is 21.1. The van der Waals surface area contributed by atoms with Crippen molar-refractivity contribution in [3.05, 3.63) is 88.8 Å². The summed E-state index contributed by atoms with van der Waals surface area (Å²) in [6.07, 6.45) is 5.58. The van der Waals surface area contributed by atoms with E-state index in [2.05, 4.69) is 64.6 Å². The van der Waals surface area contributed by atoms with Crippen molar-refractivity contribution in [1.82, 2.24) is 14.7 Å². The minimum Gasteiger partial charge on any atom is -0.466 e. The summed E-state index contributed by atoms with van der Waals surface area (Å²) in [5.74, 6) is -0.340. The molecule has 0 aliphatic carbocycles. The lowest BCUT2D eigenvalue weighted by Crippen LogP contribution is -2.23. The molecular weight excluding hydrogens is 386 g/mol. The first-order valence-corrected chi connectivity index (χ1v) is 10.8. The second kappa shape index (κ2) is 9.31. The second-order valence-corrected chi connectivity index (χ2v) is 8.05. The number of ether oxygens (including phenoxy) is 1. The summed E-state index contributed by atoms with van der Waals surface area (Å²) in [6.45, 7) is 6.26. The van der Waals surface area contributed by atoms with Gasteiger partial charge in [-0.15, -0.1) is 0 Å². The predicted molar refractivity (Wildman–Crippen MR) is 123 cm³/mol. The Bertz CT molecular complexity index is 1070. The fraction of sp³-hybridized carbons (Fsp3) is 0.308. The summed E-state index contributed by atoms with van der Waals surface area (Å²) in [4.78, 5) is 13.9. The molecule has 160 valence electrons. The molecule has 0 N–H and O–H groups in total. The summed E-state index contributed by atoms with van der Waals surface area (Å²) in [7, 11) is 1.39. The van der Waals surface area contributed by atoms with Crippen molar-refractivity contribution in [1.29, 1.82) is 0 Å². The Labute approximate surface area is 184 Å². The van der Waals surface area contributed by atoms with E-state index >= 15 is 0 Å². The third kappa shape index (κ3) is 4.62. The molecule has 3 aromatic rings. The highest BCUT2D eigenvalue weighted by Gasteiger charge is 2.27. The van der Waals surface area contributed by atoms with Crippen LogP contribution in [-0.2, 0) is 16.1 Å². The smallest absolute Gasteiger partial charge is 0.330 e. The highest BCUT2D eigenvalue weighted by atomic mass is 16.5. The molecule has 1 atom stereocenters. The number of methoxy groups -OCH3 is 1. The zero-order chi connectivity index (χ0) is 21.8. The SMILES string of the molecule is COC(=O)C=Cc1ccc([C@@H]2CCCN2Cc2c(C)nn(-c3ccccc3)c2C)cc1. The van der Waals surface area contributed by atoms with Crippen LogP contribution >= 0.6 is 0 Å². The van der Waals surface area contributed by atoms with Crippen LogP contribution in [0.25, 0.3) is 11.8 Å². The largest absolute Gasteiger partial charge is 0.466 e. The maximum Gasteiger partial charge on any atom is 0.330 e. The number of para-hydroxylation sites is 1. The van der Waals surface area contributed by atoms with E-state index < -0.39 is 0 Å². The van der Waals surface area contributed by atoms with E-state index in [0.29, 0.717) is 6.04 Å². The van der Waals surface area contributed by atoms with Gasteiger partial charge in [0.05, 0.1) is 18.5 Å². The third-order valence-corrected chi connectivity index (χ3v) is 6.10. The number of aryl methyl sites for hydroxylation is 1. The van der Waals surface area contributed by atoms with Crippen LogP contribution in [0, 0.1) is 13.8 Å². The van der Waals surface area contributed by atoms with Crippen molar-refractivity contribution in [2.24, 2.45) is 0 Å². The predicted octanol–water partition coefficient (Wildman–Crippen LogP) is 5.01. The van der Waals surface area contributed by atoms with Gasteiger partial charge in [0.25, 0.3) is 0 Å². The van der Waals surface area contributed by atoms with Gasteiger partial charge in [0.1, 0.15) is 0 Å². The molecule has 0 spiro atoms. The number of carbonyl (C=O) groups excluding carboxylic acids is 1. The maximum absolute atomic E-state index is 11.3. The first-order valence-electron chi connectivity index (χ1n) is 10.8. The van der Waals surface area contributed by atoms with Crippen LogP contribution in [0.1, 0.15) is 47.0 Å². The van der Waals surface area contributed by atoms with Crippen LogP contribution in [0.4, 0.5) is 0 Å². The lowest BCUT2D eigenvalue weighted by atomic mass is 10.0. The summed E-state index contributed by atoms with van der Waals surface area (Å²) in [5.41, 5.74) is 7.03. The Morgan fingerprint density at radius 1 is 1.13 bits per heavy atom. The highest BCUT2D eigenvalue weighted by Crippen LogP contribution is 2.34. The van der Waals surface area contributed by atoms with Gasteiger partial charge in [-0.2, -0.15) is 5.10 Å². The molecule has 0 unspecified atom stereocenters. The van der Waals surface area contributed by atoms with E-state index in [9.17, 15) is 4.79 Å². The van der Waals surface area contributed by atoms with Crippen LogP contribution < -0.4 is 0 Å². The molecule has 31 heavy (non-hydrogen) atoms. The van der Waals surface area contributed by atoms with Crippen molar-refractivity contribution in [3.63, 3.8) is 0 Å². The topological polar surface area (TPSA) is 47.4 Å². The summed E-state index contributed by atoms with van der Waals surface area (Å²) >= 11 is 0. The minimum atomic E-state index is -0.340. The fourth-order valence-electron chi connectivity index (χ4n) is 4.38. The third-order valence-electron chi connectivity index (χ3n) is 6.10. The molecule has 0 amide bonds. The first-order chi connectivity index (χ1) is 15.1. The summed E-state index contributed by atoms with van der Waals surface area (Å²) in [6, 6.07) is 19.2. The van der Waals surface area contributed by atoms with Gasteiger partial charge in [-0.3, -0.25) is 4.90 Å². The average molecular weight is 416 g/mol. The molecule has 1 aliphatic heterocycles. The van der Waals surface area contributed by atoms with Gasteiger partial charge in [0, 0.05) is 29.9 Å². The number of hydrogen-bond donors (Lipinski definition) is 0. The van der Waals surface area contributed by atoms with Crippen molar-refractivity contribution in [3.8, 4) is 5.69 Å². The molecule has 0 bridgehead atoms. The Balaban J connectivity index is 1.52. The molecular formula is C26H29N3O2. The number of benzene rings is 2. The van der Waals surface area contributed by atoms with Crippen molar-refractivity contribution >= 4 is 12.0 Å². The van der Waals surface area contributed by atoms with E-state index in [4.69, 9.17) is 5.10 Å². The molecule has 4 rings (SSSR count). The van der Waals surface area contributed by atoms with Crippen LogP contribution in [0.5, 0.6) is 0 Å². The number of likely N-dealkylation sites (tertiary alicyclic amines) is 1. The number of esters is 1. The van der Waals surface area contributed by atoms with E-state index in [1.165, 1.54) is 36.4 Å². The Morgan fingerprint density at radius 2 is 1.87 bits per heavy atom. The second-order valence-electron chi connectivity index (χ2n) is 8.05. The minimum absolute atomic E-state index is 0.340. The lowest BCUT2D eigenvalue weighted by Gasteiger charge is -2.25. The number of carbonyl (C=O) groups is 1. The molecule has 5 nitrogen and oxygen atoms in total. The summed E-state index contributed by atoms with van der Waals surface area (Å²) in [5, 5.41) is 4.82. The molecule has 1 aromatic heterocycles. The van der Waals surface area contributed by atoms with Crippen LogP contribution in [0.2, 0.25) is 0 Å². The quantitative estimate of drug-likeness (QED) is 0.419. The zero-order valence-corrected chi connectivity index (χ0v) is 18.4. The normalized spacial score (nSPS) is 16.8. The Kier molecular flexibility index (Phi) is 6.33. The van der Waals surface area contributed by atoms with Crippen molar-refractivity contribution in [2.75, 3.05) is 13.7 Å². The molecule has 0 radical (unpaired) electrons. The summed E-state index contributed by atoms with van der Waals surface area (Å²) < 4.78 is 6.71. The number of nitrogens with zero attached hydrogens (tertiary/aromatic N) is 3. The average Bonchev–Trinajstić information content (AvgIpc) is 3.38.